The van der Waals surface area contributed by atoms with Gasteiger partial charge in [0.25, 0.3) is 6.43 Å². The van der Waals surface area contributed by atoms with Crippen LogP contribution in [0, 0.1) is 11.3 Å². The number of benzene rings is 1. The molecule has 0 atom stereocenters. The summed E-state index contributed by atoms with van der Waals surface area (Å²) in [4.78, 5) is 10.5. The van der Waals surface area contributed by atoms with E-state index in [0.29, 0.717) is 0 Å². The van der Waals surface area contributed by atoms with Crippen molar-refractivity contribution in [1.82, 2.24) is 0 Å². The number of rotatable bonds is 4. The van der Waals surface area contributed by atoms with E-state index in [1.807, 2.05) is 0 Å². The van der Waals surface area contributed by atoms with Crippen LogP contribution in [0.15, 0.2) is 12.1 Å². The third kappa shape index (κ3) is 2.77. The second-order valence-electron chi connectivity index (χ2n) is 3.36. The van der Waals surface area contributed by atoms with Crippen molar-refractivity contribution in [2.75, 3.05) is 0 Å². The number of alkyl halides is 2. The molecule has 0 aliphatic rings. The SMILES string of the molecule is N#Cc1c(CN)ccc(CC(=O)O)c1C(F)F. The summed E-state index contributed by atoms with van der Waals surface area (Å²) >= 11 is 0. The molecule has 17 heavy (non-hydrogen) atoms. The molecule has 0 amide bonds. The third-order valence-electron chi connectivity index (χ3n) is 2.31. The van der Waals surface area contributed by atoms with Crippen LogP contribution in [0.3, 0.4) is 0 Å². The molecule has 6 heteroatoms. The molecule has 0 heterocycles. The van der Waals surface area contributed by atoms with Crippen molar-refractivity contribution in [1.29, 1.82) is 5.26 Å². The smallest absolute Gasteiger partial charge is 0.307 e. The predicted molar refractivity (Wildman–Crippen MR) is 55.3 cm³/mol. The molecule has 0 aliphatic carbocycles. The van der Waals surface area contributed by atoms with Crippen LogP contribution in [0.1, 0.15) is 28.7 Å². The van der Waals surface area contributed by atoms with Crippen LogP contribution in [0.25, 0.3) is 0 Å². The largest absolute Gasteiger partial charge is 0.481 e. The maximum Gasteiger partial charge on any atom is 0.307 e. The predicted octanol–water partition coefficient (Wildman–Crippen LogP) is 1.58. The van der Waals surface area contributed by atoms with Crippen molar-refractivity contribution in [2.45, 2.75) is 19.4 Å². The lowest BCUT2D eigenvalue weighted by Gasteiger charge is -2.12. The molecule has 0 aliphatic heterocycles. The molecule has 1 aromatic carbocycles. The molecule has 0 saturated heterocycles. The Bertz CT molecular complexity index is 481. The number of carboxylic acids is 1. The Kier molecular flexibility index (Phi) is 4.12. The van der Waals surface area contributed by atoms with E-state index in [0.717, 1.165) is 0 Å². The first-order valence-electron chi connectivity index (χ1n) is 4.76. The fourth-order valence-electron chi connectivity index (χ4n) is 1.58. The maximum atomic E-state index is 12.9. The first-order valence-corrected chi connectivity index (χ1v) is 4.76. The van der Waals surface area contributed by atoms with Gasteiger partial charge in [-0.2, -0.15) is 5.26 Å². The Hall–Kier alpha value is -2.00. The van der Waals surface area contributed by atoms with E-state index >= 15 is 0 Å². The van der Waals surface area contributed by atoms with Crippen molar-refractivity contribution < 1.29 is 18.7 Å². The lowest BCUT2D eigenvalue weighted by Crippen LogP contribution is -2.09. The van der Waals surface area contributed by atoms with E-state index in [9.17, 15) is 13.6 Å². The van der Waals surface area contributed by atoms with Gasteiger partial charge in [0.2, 0.25) is 0 Å². The number of hydrogen-bond acceptors (Lipinski definition) is 3. The number of carboxylic acid groups (broad SMARTS) is 1. The number of halogens is 2. The Balaban J connectivity index is 3.43. The van der Waals surface area contributed by atoms with Gasteiger partial charge in [0.05, 0.1) is 18.1 Å². The first kappa shape index (κ1) is 13.1. The average Bonchev–Trinajstić information content (AvgIpc) is 2.26. The number of nitriles is 1. The van der Waals surface area contributed by atoms with Gasteiger partial charge in [0.1, 0.15) is 0 Å². The highest BCUT2D eigenvalue weighted by molar-refractivity contribution is 5.71. The normalized spacial score (nSPS) is 10.3. The maximum absolute atomic E-state index is 12.9. The molecule has 0 spiro atoms. The molecule has 0 unspecified atom stereocenters. The van der Waals surface area contributed by atoms with Gasteiger partial charge in [-0.05, 0) is 11.1 Å². The summed E-state index contributed by atoms with van der Waals surface area (Å²) in [5, 5.41) is 17.5. The van der Waals surface area contributed by atoms with E-state index in [4.69, 9.17) is 16.1 Å². The molecule has 0 saturated carbocycles. The topological polar surface area (TPSA) is 87.1 Å². The summed E-state index contributed by atoms with van der Waals surface area (Å²) in [6.45, 7) is -0.0457. The van der Waals surface area contributed by atoms with E-state index < -0.39 is 24.4 Å². The van der Waals surface area contributed by atoms with Crippen LogP contribution in [0.5, 0.6) is 0 Å². The zero-order valence-electron chi connectivity index (χ0n) is 8.78. The lowest BCUT2D eigenvalue weighted by molar-refractivity contribution is -0.136. The van der Waals surface area contributed by atoms with E-state index in [2.05, 4.69) is 0 Å². The van der Waals surface area contributed by atoms with Crippen LogP contribution in [-0.4, -0.2) is 11.1 Å². The number of nitrogens with zero attached hydrogens (tertiary/aromatic N) is 1. The molecule has 3 N–H and O–H groups in total. The van der Waals surface area contributed by atoms with Gasteiger partial charge in [0, 0.05) is 12.1 Å². The average molecular weight is 240 g/mol. The summed E-state index contributed by atoms with van der Waals surface area (Å²) in [6, 6.07) is 4.34. The summed E-state index contributed by atoms with van der Waals surface area (Å²) in [5.74, 6) is -1.23. The molecule has 0 radical (unpaired) electrons. The highest BCUT2D eigenvalue weighted by atomic mass is 19.3. The van der Waals surface area contributed by atoms with Crippen molar-refractivity contribution in [3.63, 3.8) is 0 Å². The summed E-state index contributed by atoms with van der Waals surface area (Å²) in [7, 11) is 0. The standard InChI is InChI=1S/C11H10F2N2O2/c12-11(13)10-6(3-9(16)17)1-2-7(4-14)8(10)5-15/h1-2,11H,3-4,14H2,(H,16,17). The number of hydrogen-bond donors (Lipinski definition) is 2. The van der Waals surface area contributed by atoms with E-state index in [1.165, 1.54) is 12.1 Å². The van der Waals surface area contributed by atoms with Crippen LogP contribution in [0.4, 0.5) is 8.78 Å². The zero-order valence-corrected chi connectivity index (χ0v) is 8.78. The molecule has 1 rings (SSSR count). The molecule has 0 bridgehead atoms. The second kappa shape index (κ2) is 5.37. The van der Waals surface area contributed by atoms with Gasteiger partial charge in [-0.1, -0.05) is 12.1 Å². The molecule has 1 aromatic rings. The fourth-order valence-corrected chi connectivity index (χ4v) is 1.58. The van der Waals surface area contributed by atoms with Gasteiger partial charge in [-0.15, -0.1) is 0 Å². The molecule has 0 fully saturated rings. The van der Waals surface area contributed by atoms with Gasteiger partial charge >= 0.3 is 5.97 Å². The van der Waals surface area contributed by atoms with Crippen molar-refractivity contribution in [2.24, 2.45) is 5.73 Å². The third-order valence-corrected chi connectivity index (χ3v) is 2.31. The summed E-state index contributed by atoms with van der Waals surface area (Å²) in [5.41, 5.74) is 4.82. The lowest BCUT2D eigenvalue weighted by atomic mass is 9.95. The van der Waals surface area contributed by atoms with Gasteiger partial charge in [-0.3, -0.25) is 4.79 Å². The first-order chi connectivity index (χ1) is 8.01. The van der Waals surface area contributed by atoms with Gasteiger partial charge in [-0.25, -0.2) is 8.78 Å². The summed E-state index contributed by atoms with van der Waals surface area (Å²) in [6.07, 6.45) is -3.44. The Morgan fingerprint density at radius 3 is 2.47 bits per heavy atom. The summed E-state index contributed by atoms with van der Waals surface area (Å²) < 4.78 is 25.7. The molecule has 90 valence electrons. The Morgan fingerprint density at radius 1 is 1.47 bits per heavy atom. The number of nitrogens with two attached hydrogens (primary N) is 1. The minimum Gasteiger partial charge on any atom is -0.481 e. The van der Waals surface area contributed by atoms with E-state index in [-0.39, 0.29) is 23.2 Å². The molecule has 4 nitrogen and oxygen atoms in total. The minimum atomic E-state index is -2.90. The Morgan fingerprint density at radius 2 is 2.06 bits per heavy atom. The second-order valence-corrected chi connectivity index (χ2v) is 3.36. The van der Waals surface area contributed by atoms with Crippen LogP contribution < -0.4 is 5.73 Å². The number of aliphatic carboxylic acids is 1. The minimum absolute atomic E-state index is 0.0457. The van der Waals surface area contributed by atoms with Crippen molar-refractivity contribution in [3.8, 4) is 6.07 Å². The Labute approximate surface area is 96.3 Å². The van der Waals surface area contributed by atoms with Crippen molar-refractivity contribution in [3.05, 3.63) is 34.4 Å². The van der Waals surface area contributed by atoms with E-state index in [1.54, 1.807) is 6.07 Å². The monoisotopic (exact) mass is 240 g/mol. The fraction of sp³-hybridized carbons (Fsp3) is 0.273. The van der Waals surface area contributed by atoms with Crippen LogP contribution in [-0.2, 0) is 17.8 Å². The number of carbonyl (C=O) groups is 1. The highest BCUT2D eigenvalue weighted by Crippen LogP contribution is 2.29. The van der Waals surface area contributed by atoms with Crippen LogP contribution >= 0.6 is 0 Å². The zero-order chi connectivity index (χ0) is 13.0. The quantitative estimate of drug-likeness (QED) is 0.836. The van der Waals surface area contributed by atoms with Gasteiger partial charge in [0.15, 0.2) is 0 Å². The molecular weight excluding hydrogens is 230 g/mol. The molecular formula is C11H10F2N2O2. The van der Waals surface area contributed by atoms with Crippen LogP contribution in [0.2, 0.25) is 0 Å². The molecule has 0 aromatic heterocycles. The van der Waals surface area contributed by atoms with Crippen molar-refractivity contribution >= 4 is 5.97 Å². The van der Waals surface area contributed by atoms with Gasteiger partial charge < -0.3 is 10.8 Å². The highest BCUT2D eigenvalue weighted by Gasteiger charge is 2.21.